The van der Waals surface area contributed by atoms with E-state index in [1.807, 2.05) is 0 Å². The average molecular weight is 239 g/mol. The van der Waals surface area contributed by atoms with E-state index in [0.29, 0.717) is 0 Å². The number of alkyl halides is 3. The normalized spacial score (nSPS) is 27.6. The Morgan fingerprint density at radius 2 is 1.94 bits per heavy atom. The van der Waals surface area contributed by atoms with Crippen molar-refractivity contribution >= 4 is 0 Å². The summed E-state index contributed by atoms with van der Waals surface area (Å²) in [6.45, 7) is 2.11. The highest BCUT2D eigenvalue weighted by Gasteiger charge is 2.48. The van der Waals surface area contributed by atoms with Gasteiger partial charge in [-0.3, -0.25) is 4.84 Å². The Morgan fingerprint density at radius 3 is 2.44 bits per heavy atom. The van der Waals surface area contributed by atoms with Crippen LogP contribution in [0.4, 0.5) is 13.2 Å². The van der Waals surface area contributed by atoms with Crippen molar-refractivity contribution in [3.8, 4) is 0 Å². The van der Waals surface area contributed by atoms with E-state index in [2.05, 4.69) is 6.92 Å². The molecule has 5 heteroatoms. The van der Waals surface area contributed by atoms with Crippen molar-refractivity contribution in [1.29, 1.82) is 0 Å². The minimum atomic E-state index is -4.17. The quantitative estimate of drug-likeness (QED) is 0.680. The molecule has 1 heterocycles. The molecule has 2 nitrogen and oxygen atoms in total. The molecule has 1 fully saturated rings. The van der Waals surface area contributed by atoms with E-state index >= 15 is 0 Å². The van der Waals surface area contributed by atoms with Gasteiger partial charge in [-0.15, -0.1) is 0 Å². The largest absolute Gasteiger partial charge is 0.406 e. The van der Waals surface area contributed by atoms with Crippen LogP contribution in [-0.2, 0) is 4.84 Å². The van der Waals surface area contributed by atoms with Gasteiger partial charge >= 0.3 is 6.18 Å². The summed E-state index contributed by atoms with van der Waals surface area (Å²) in [5, 5.41) is 0.963. The van der Waals surface area contributed by atoms with Gasteiger partial charge in [-0.2, -0.15) is 18.2 Å². The Kier molecular flexibility index (Phi) is 5.05. The van der Waals surface area contributed by atoms with Crippen LogP contribution in [0.3, 0.4) is 0 Å². The third kappa shape index (κ3) is 3.94. The van der Waals surface area contributed by atoms with Gasteiger partial charge in [0, 0.05) is 13.5 Å². The first-order valence-electron chi connectivity index (χ1n) is 5.91. The standard InChI is InChI=1S/C11H20F3NO/c1-3-4-5-6-7-9-8-10(11(12,13)14)15(2)16-9/h9-10H,3-8H2,1-2H3/t9-,10-/m1/s1. The summed E-state index contributed by atoms with van der Waals surface area (Å²) in [6, 6.07) is -1.43. The molecule has 0 radical (unpaired) electrons. The van der Waals surface area contributed by atoms with Crippen molar-refractivity contribution in [3.63, 3.8) is 0 Å². The summed E-state index contributed by atoms with van der Waals surface area (Å²) in [6.07, 6.45) is 0.694. The smallest absolute Gasteiger partial charge is 0.295 e. The van der Waals surface area contributed by atoms with Crippen LogP contribution in [0.2, 0.25) is 0 Å². The predicted molar refractivity (Wildman–Crippen MR) is 55.9 cm³/mol. The maximum atomic E-state index is 12.5. The summed E-state index contributed by atoms with van der Waals surface area (Å²) >= 11 is 0. The number of rotatable bonds is 5. The first-order valence-corrected chi connectivity index (χ1v) is 5.91. The Bertz CT molecular complexity index is 208. The zero-order valence-corrected chi connectivity index (χ0v) is 9.89. The van der Waals surface area contributed by atoms with Crippen LogP contribution < -0.4 is 0 Å². The van der Waals surface area contributed by atoms with Gasteiger partial charge in [-0.25, -0.2) is 0 Å². The van der Waals surface area contributed by atoms with E-state index in [-0.39, 0.29) is 12.5 Å². The van der Waals surface area contributed by atoms with Gasteiger partial charge in [0.25, 0.3) is 0 Å². The summed E-state index contributed by atoms with van der Waals surface area (Å²) in [5.41, 5.74) is 0. The van der Waals surface area contributed by atoms with Gasteiger partial charge in [0.05, 0.1) is 6.10 Å². The molecule has 1 rings (SSSR count). The summed E-state index contributed by atoms with van der Waals surface area (Å²) in [7, 11) is 1.37. The van der Waals surface area contributed by atoms with Crippen molar-refractivity contribution in [2.24, 2.45) is 0 Å². The Balaban J connectivity index is 2.27. The fraction of sp³-hybridized carbons (Fsp3) is 1.00. The van der Waals surface area contributed by atoms with Crippen LogP contribution in [-0.4, -0.2) is 30.4 Å². The lowest BCUT2D eigenvalue weighted by atomic mass is 10.0. The molecule has 96 valence electrons. The van der Waals surface area contributed by atoms with E-state index in [4.69, 9.17) is 4.84 Å². The second kappa shape index (κ2) is 5.87. The zero-order chi connectivity index (χ0) is 12.2. The minimum absolute atomic E-state index is 0.0755. The van der Waals surface area contributed by atoms with Crippen LogP contribution in [0.15, 0.2) is 0 Å². The molecule has 0 aromatic carbocycles. The highest BCUT2D eigenvalue weighted by molar-refractivity contribution is 4.82. The number of nitrogens with zero attached hydrogens (tertiary/aromatic N) is 1. The highest BCUT2D eigenvalue weighted by Crippen LogP contribution is 2.34. The van der Waals surface area contributed by atoms with Gasteiger partial charge in [-0.1, -0.05) is 32.6 Å². The maximum Gasteiger partial charge on any atom is 0.406 e. The molecule has 0 aliphatic carbocycles. The van der Waals surface area contributed by atoms with Crippen molar-refractivity contribution < 1.29 is 18.0 Å². The predicted octanol–water partition coefficient (Wildman–Crippen LogP) is 3.52. The lowest BCUT2D eigenvalue weighted by molar-refractivity contribution is -0.232. The van der Waals surface area contributed by atoms with Crippen molar-refractivity contribution in [3.05, 3.63) is 0 Å². The molecule has 0 bridgehead atoms. The second-order valence-corrected chi connectivity index (χ2v) is 4.42. The molecule has 1 aliphatic heterocycles. The fourth-order valence-corrected chi connectivity index (χ4v) is 2.06. The number of unbranched alkanes of at least 4 members (excludes halogenated alkanes) is 3. The molecule has 16 heavy (non-hydrogen) atoms. The molecular weight excluding hydrogens is 219 g/mol. The second-order valence-electron chi connectivity index (χ2n) is 4.42. The lowest BCUT2D eigenvalue weighted by Gasteiger charge is -2.19. The van der Waals surface area contributed by atoms with E-state index in [0.717, 1.165) is 37.2 Å². The van der Waals surface area contributed by atoms with Crippen LogP contribution in [0.1, 0.15) is 45.4 Å². The average Bonchev–Trinajstić information content (AvgIpc) is 2.54. The maximum absolute atomic E-state index is 12.5. The molecule has 2 atom stereocenters. The lowest BCUT2D eigenvalue weighted by Crippen LogP contribution is -2.37. The third-order valence-corrected chi connectivity index (χ3v) is 3.00. The highest BCUT2D eigenvalue weighted by atomic mass is 19.4. The monoisotopic (exact) mass is 239 g/mol. The van der Waals surface area contributed by atoms with E-state index in [1.165, 1.54) is 7.05 Å². The number of hydrogen-bond acceptors (Lipinski definition) is 2. The molecule has 0 unspecified atom stereocenters. The Hall–Kier alpha value is -0.290. The zero-order valence-electron chi connectivity index (χ0n) is 9.89. The summed E-state index contributed by atoms with van der Waals surface area (Å²) in [5.74, 6) is 0. The SMILES string of the molecule is CCCCCC[C@@H]1C[C@H](C(F)(F)F)N(C)O1. The third-order valence-electron chi connectivity index (χ3n) is 3.00. The van der Waals surface area contributed by atoms with Crippen LogP contribution in [0.5, 0.6) is 0 Å². The Morgan fingerprint density at radius 1 is 1.25 bits per heavy atom. The molecule has 0 aromatic rings. The van der Waals surface area contributed by atoms with E-state index in [9.17, 15) is 13.2 Å². The molecule has 0 spiro atoms. The van der Waals surface area contributed by atoms with Gasteiger partial charge in [0.2, 0.25) is 0 Å². The number of hydroxylamine groups is 2. The molecule has 1 saturated heterocycles. The fourth-order valence-electron chi connectivity index (χ4n) is 2.06. The van der Waals surface area contributed by atoms with Crippen molar-refractivity contribution in [2.45, 2.75) is 63.8 Å². The summed E-state index contributed by atoms with van der Waals surface area (Å²) < 4.78 is 37.5. The summed E-state index contributed by atoms with van der Waals surface area (Å²) in [4.78, 5) is 5.19. The molecule has 0 aromatic heterocycles. The topological polar surface area (TPSA) is 12.5 Å². The first kappa shape index (κ1) is 13.8. The Labute approximate surface area is 94.7 Å². The number of hydrogen-bond donors (Lipinski definition) is 0. The van der Waals surface area contributed by atoms with Crippen LogP contribution in [0.25, 0.3) is 0 Å². The molecule has 0 saturated carbocycles. The van der Waals surface area contributed by atoms with Gasteiger partial charge in [-0.05, 0) is 6.42 Å². The van der Waals surface area contributed by atoms with Gasteiger partial charge in [0.1, 0.15) is 6.04 Å². The van der Waals surface area contributed by atoms with Gasteiger partial charge < -0.3 is 0 Å². The number of halogens is 3. The van der Waals surface area contributed by atoms with Crippen LogP contribution in [0, 0.1) is 0 Å². The van der Waals surface area contributed by atoms with E-state index in [1.54, 1.807) is 0 Å². The van der Waals surface area contributed by atoms with Crippen molar-refractivity contribution in [2.75, 3.05) is 7.05 Å². The minimum Gasteiger partial charge on any atom is -0.295 e. The molecular formula is C11H20F3NO. The molecule has 1 aliphatic rings. The van der Waals surface area contributed by atoms with Crippen molar-refractivity contribution in [1.82, 2.24) is 5.06 Å². The molecule has 0 N–H and O–H groups in total. The van der Waals surface area contributed by atoms with Crippen LogP contribution >= 0.6 is 0 Å². The molecule has 0 amide bonds. The van der Waals surface area contributed by atoms with E-state index < -0.39 is 12.2 Å². The first-order chi connectivity index (χ1) is 7.45. The van der Waals surface area contributed by atoms with Gasteiger partial charge in [0.15, 0.2) is 0 Å².